The van der Waals surface area contributed by atoms with Crippen molar-refractivity contribution in [2.45, 2.75) is 33.9 Å². The third kappa shape index (κ3) is 3.10. The van der Waals surface area contributed by atoms with Crippen molar-refractivity contribution in [3.63, 3.8) is 0 Å². The molecule has 4 rings (SSSR count). The molecule has 0 atom stereocenters. The zero-order valence-electron chi connectivity index (χ0n) is 16.1. The summed E-state index contributed by atoms with van der Waals surface area (Å²) in [5.74, 6) is 0.834. The van der Waals surface area contributed by atoms with E-state index in [2.05, 4.69) is 24.2 Å². The van der Waals surface area contributed by atoms with Crippen molar-refractivity contribution in [1.82, 2.24) is 9.78 Å². The molecule has 0 bridgehead atoms. The second-order valence-corrected chi connectivity index (χ2v) is 7.21. The smallest absolute Gasteiger partial charge is 0.248 e. The van der Waals surface area contributed by atoms with E-state index < -0.39 is 0 Å². The molecule has 0 saturated heterocycles. The number of benzene rings is 2. The second-order valence-electron chi connectivity index (χ2n) is 7.21. The van der Waals surface area contributed by atoms with Gasteiger partial charge in [0, 0.05) is 23.9 Å². The largest absolute Gasteiger partial charge is 0.488 e. The lowest BCUT2D eigenvalue weighted by Crippen LogP contribution is -2.31. The predicted octanol–water partition coefficient (Wildman–Crippen LogP) is 4.03. The molecule has 0 saturated carbocycles. The lowest BCUT2D eigenvalue weighted by molar-refractivity contribution is -0.119. The Morgan fingerprint density at radius 1 is 1.15 bits per heavy atom. The average Bonchev–Trinajstić information content (AvgIpc) is 3.06. The van der Waals surface area contributed by atoms with Gasteiger partial charge in [-0.05, 0) is 50.1 Å². The van der Waals surface area contributed by atoms with Gasteiger partial charge in [0.15, 0.2) is 0 Å². The number of amides is 1. The molecule has 0 N–H and O–H groups in total. The minimum Gasteiger partial charge on any atom is -0.488 e. The van der Waals surface area contributed by atoms with Crippen molar-refractivity contribution in [3.05, 3.63) is 64.8 Å². The van der Waals surface area contributed by atoms with Gasteiger partial charge in [0.2, 0.25) is 5.91 Å². The van der Waals surface area contributed by atoms with Crippen molar-refractivity contribution < 1.29 is 9.53 Å². The third-order valence-electron chi connectivity index (χ3n) is 5.07. The molecule has 3 aromatic rings. The van der Waals surface area contributed by atoms with Crippen molar-refractivity contribution in [1.29, 1.82) is 0 Å². The molecular weight excluding hydrogens is 338 g/mol. The predicted molar refractivity (Wildman–Crippen MR) is 106 cm³/mol. The fourth-order valence-corrected chi connectivity index (χ4v) is 3.52. The summed E-state index contributed by atoms with van der Waals surface area (Å²) >= 11 is 0. The molecule has 27 heavy (non-hydrogen) atoms. The number of aromatic nitrogens is 2. The minimum absolute atomic E-state index is 0.00436. The zero-order valence-corrected chi connectivity index (χ0v) is 16.1. The molecule has 0 radical (unpaired) electrons. The first-order chi connectivity index (χ1) is 12.9. The van der Waals surface area contributed by atoms with Crippen LogP contribution in [0.4, 0.5) is 5.69 Å². The number of carbonyl (C=O) groups excluding carboxylic acids is 1. The normalized spacial score (nSPS) is 12.1. The lowest BCUT2D eigenvalue weighted by Gasteiger charge is -2.22. The van der Waals surface area contributed by atoms with Crippen molar-refractivity contribution in [3.8, 4) is 17.0 Å². The Balaban J connectivity index is 1.66. The van der Waals surface area contributed by atoms with Gasteiger partial charge >= 0.3 is 0 Å². The number of fused-ring (bicyclic) bond motifs is 3. The van der Waals surface area contributed by atoms with Crippen LogP contribution in [0.2, 0.25) is 0 Å². The molecular formula is C22H23N3O2. The summed E-state index contributed by atoms with van der Waals surface area (Å²) in [6.45, 7) is 6.77. The number of ether oxygens (including phenoxy) is 1. The van der Waals surface area contributed by atoms with Crippen LogP contribution in [0.3, 0.4) is 0 Å². The molecule has 138 valence electrons. The summed E-state index contributed by atoms with van der Waals surface area (Å²) in [7, 11) is 1.82. The highest BCUT2D eigenvalue weighted by Crippen LogP contribution is 2.38. The van der Waals surface area contributed by atoms with E-state index >= 15 is 0 Å². The first-order valence-corrected chi connectivity index (χ1v) is 9.06. The lowest BCUT2D eigenvalue weighted by atomic mass is 10.0. The molecule has 1 amide bonds. The summed E-state index contributed by atoms with van der Waals surface area (Å²) < 4.78 is 7.61. The van der Waals surface area contributed by atoms with Crippen molar-refractivity contribution in [2.24, 2.45) is 0 Å². The van der Waals surface area contributed by atoms with E-state index in [-0.39, 0.29) is 12.5 Å². The Morgan fingerprint density at radius 3 is 2.70 bits per heavy atom. The van der Waals surface area contributed by atoms with E-state index in [0.717, 1.165) is 44.9 Å². The maximum atomic E-state index is 13.0. The molecule has 0 spiro atoms. The van der Waals surface area contributed by atoms with Crippen LogP contribution in [-0.4, -0.2) is 22.7 Å². The van der Waals surface area contributed by atoms with Gasteiger partial charge in [-0.3, -0.25) is 9.48 Å². The quantitative estimate of drug-likeness (QED) is 0.708. The highest BCUT2D eigenvalue weighted by molar-refractivity contribution is 5.94. The van der Waals surface area contributed by atoms with Crippen LogP contribution in [0.25, 0.3) is 11.3 Å². The number of anilines is 1. The van der Waals surface area contributed by atoms with Gasteiger partial charge in [-0.2, -0.15) is 5.10 Å². The molecule has 1 aliphatic heterocycles. The number of nitrogens with zero attached hydrogens (tertiary/aromatic N) is 3. The maximum Gasteiger partial charge on any atom is 0.248 e. The Labute approximate surface area is 159 Å². The minimum atomic E-state index is -0.00436. The number of rotatable bonds is 3. The van der Waals surface area contributed by atoms with Gasteiger partial charge in [0.25, 0.3) is 0 Å². The summed E-state index contributed by atoms with van der Waals surface area (Å²) in [6.07, 6.45) is 1.80. The molecule has 0 aliphatic carbocycles. The Hall–Kier alpha value is -3.08. The molecule has 1 aliphatic rings. The van der Waals surface area contributed by atoms with E-state index in [9.17, 15) is 4.79 Å². The SMILES string of the molecule is Cc1ccc2c(c1)-c1c(cnn1CC(=O)N(C)c1cc(C)ccc1C)CO2. The number of likely N-dealkylation sites (N-methyl/N-ethyl adjacent to an activating group) is 1. The standard InChI is InChI=1S/C22H23N3O2/c1-14-6-8-20-18(9-14)22-17(13-27-20)11-23-25(22)12-21(26)24(4)19-10-15(2)5-7-16(19)3/h5-11H,12-13H2,1-4H3. The van der Waals surface area contributed by atoms with Gasteiger partial charge in [0.1, 0.15) is 18.9 Å². The third-order valence-corrected chi connectivity index (χ3v) is 5.07. The summed E-state index contributed by atoms with van der Waals surface area (Å²) in [5.41, 5.74) is 7.27. The van der Waals surface area contributed by atoms with Crippen molar-refractivity contribution >= 4 is 11.6 Å². The Kier molecular flexibility index (Phi) is 4.22. The maximum absolute atomic E-state index is 13.0. The van der Waals surface area contributed by atoms with E-state index in [1.165, 1.54) is 0 Å². The van der Waals surface area contributed by atoms with Gasteiger partial charge in [-0.25, -0.2) is 0 Å². The number of hydrogen-bond acceptors (Lipinski definition) is 3. The number of carbonyl (C=O) groups is 1. The Bertz CT molecular complexity index is 1040. The van der Waals surface area contributed by atoms with Gasteiger partial charge < -0.3 is 9.64 Å². The average molecular weight is 361 g/mol. The van der Waals surface area contributed by atoms with Crippen LogP contribution >= 0.6 is 0 Å². The monoisotopic (exact) mass is 361 g/mol. The summed E-state index contributed by atoms with van der Waals surface area (Å²) in [4.78, 5) is 14.7. The van der Waals surface area contributed by atoms with E-state index in [1.807, 2.05) is 45.2 Å². The molecule has 5 heteroatoms. The summed E-state index contributed by atoms with van der Waals surface area (Å²) in [5, 5.41) is 4.47. The van der Waals surface area contributed by atoms with E-state index in [0.29, 0.717) is 6.61 Å². The zero-order chi connectivity index (χ0) is 19.1. The van der Waals surface area contributed by atoms with Crippen LogP contribution in [0.5, 0.6) is 5.75 Å². The van der Waals surface area contributed by atoms with Crippen LogP contribution in [0.1, 0.15) is 22.3 Å². The van der Waals surface area contributed by atoms with Gasteiger partial charge in [-0.1, -0.05) is 23.8 Å². The van der Waals surface area contributed by atoms with E-state index in [4.69, 9.17) is 4.74 Å². The molecule has 2 heterocycles. The van der Waals surface area contributed by atoms with Crippen molar-refractivity contribution in [2.75, 3.05) is 11.9 Å². The molecule has 5 nitrogen and oxygen atoms in total. The van der Waals surface area contributed by atoms with Crippen LogP contribution in [-0.2, 0) is 17.9 Å². The van der Waals surface area contributed by atoms with E-state index in [1.54, 1.807) is 15.8 Å². The number of aryl methyl sites for hydroxylation is 3. The van der Waals surface area contributed by atoms with Crippen LogP contribution in [0.15, 0.2) is 42.6 Å². The second kappa shape index (κ2) is 6.58. The highest BCUT2D eigenvalue weighted by Gasteiger charge is 2.24. The molecule has 1 aromatic heterocycles. The fourth-order valence-electron chi connectivity index (χ4n) is 3.52. The first-order valence-electron chi connectivity index (χ1n) is 9.06. The first kappa shape index (κ1) is 17.3. The molecule has 2 aromatic carbocycles. The van der Waals surface area contributed by atoms with Crippen LogP contribution in [0, 0.1) is 20.8 Å². The molecule has 0 unspecified atom stereocenters. The Morgan fingerprint density at radius 2 is 1.89 bits per heavy atom. The highest BCUT2D eigenvalue weighted by atomic mass is 16.5. The summed E-state index contributed by atoms with van der Waals surface area (Å²) in [6, 6.07) is 12.2. The van der Waals surface area contributed by atoms with Gasteiger partial charge in [0.05, 0.1) is 11.9 Å². The van der Waals surface area contributed by atoms with Gasteiger partial charge in [-0.15, -0.1) is 0 Å². The number of hydrogen-bond donors (Lipinski definition) is 0. The van der Waals surface area contributed by atoms with Crippen LogP contribution < -0.4 is 9.64 Å². The fraction of sp³-hybridized carbons (Fsp3) is 0.273. The topological polar surface area (TPSA) is 47.4 Å². The molecule has 0 fully saturated rings.